The number of carbonyl (C=O) groups is 1. The maximum absolute atomic E-state index is 12.1. The number of ether oxygens (including phenoxy) is 2. The van der Waals surface area contributed by atoms with E-state index in [0.717, 1.165) is 11.4 Å². The van der Waals surface area contributed by atoms with E-state index >= 15 is 0 Å². The molecule has 0 atom stereocenters. The molecule has 0 radical (unpaired) electrons. The third-order valence-corrected chi connectivity index (χ3v) is 5.59. The van der Waals surface area contributed by atoms with Crippen molar-refractivity contribution in [2.45, 2.75) is 0 Å². The van der Waals surface area contributed by atoms with Crippen molar-refractivity contribution in [1.82, 2.24) is 9.97 Å². The van der Waals surface area contributed by atoms with Crippen LogP contribution in [0.4, 0.5) is 28.7 Å². The molecule has 176 valence electrons. The smallest absolute Gasteiger partial charge is 0.353 e. The van der Waals surface area contributed by atoms with Gasteiger partial charge in [0.1, 0.15) is 12.1 Å². The van der Waals surface area contributed by atoms with E-state index < -0.39 is 10.9 Å². The summed E-state index contributed by atoms with van der Waals surface area (Å²) in [5, 5.41) is 15.0. The van der Waals surface area contributed by atoms with E-state index in [-0.39, 0.29) is 22.9 Å². The van der Waals surface area contributed by atoms with Crippen molar-refractivity contribution in [3.05, 3.63) is 70.5 Å². The molecular weight excluding hydrogens is 440 g/mol. The summed E-state index contributed by atoms with van der Waals surface area (Å²) in [5.74, 6) is 0.457. The zero-order chi connectivity index (χ0) is 24.1. The van der Waals surface area contributed by atoms with Gasteiger partial charge in [-0.15, -0.1) is 0 Å². The van der Waals surface area contributed by atoms with Crippen molar-refractivity contribution in [2.75, 3.05) is 55.5 Å². The number of hydrogen-bond acceptors (Lipinski definition) is 10. The second kappa shape index (κ2) is 10.0. The monoisotopic (exact) mass is 464 g/mol. The molecule has 1 saturated heterocycles. The number of rotatable bonds is 7. The fraction of sp³-hybridized carbons (Fsp3) is 0.261. The average Bonchev–Trinajstić information content (AvgIpc) is 2.88. The summed E-state index contributed by atoms with van der Waals surface area (Å²) in [6, 6.07) is 14.4. The highest BCUT2D eigenvalue weighted by atomic mass is 16.6. The van der Waals surface area contributed by atoms with Gasteiger partial charge in [0.25, 0.3) is 0 Å². The largest absolute Gasteiger partial charge is 0.497 e. The Balaban J connectivity index is 1.57. The van der Waals surface area contributed by atoms with Crippen LogP contribution < -0.4 is 19.9 Å². The number of benzene rings is 2. The first-order valence-corrected chi connectivity index (χ1v) is 10.6. The number of para-hydroxylation sites is 1. The van der Waals surface area contributed by atoms with E-state index in [0.29, 0.717) is 31.9 Å². The standard InChI is InChI=1S/C23H24N6O5/c1-33-17-9-7-16(8-10-17)27-11-13-28(14-12-27)22-20(29(31)32)21(24-15-25-22)26-19-6-4-3-5-18(19)23(30)34-2/h3-10,15H,11-14H2,1-2H3,(H,24,25,26). The predicted molar refractivity (Wildman–Crippen MR) is 127 cm³/mol. The zero-order valence-corrected chi connectivity index (χ0v) is 18.8. The fourth-order valence-corrected chi connectivity index (χ4v) is 3.84. The van der Waals surface area contributed by atoms with Crippen LogP contribution >= 0.6 is 0 Å². The molecule has 1 N–H and O–H groups in total. The maximum Gasteiger partial charge on any atom is 0.353 e. The first kappa shape index (κ1) is 22.8. The second-order valence-electron chi connectivity index (χ2n) is 7.49. The Hall–Kier alpha value is -4.41. The van der Waals surface area contributed by atoms with Gasteiger partial charge in [0.05, 0.1) is 30.4 Å². The Morgan fingerprint density at radius 1 is 1.00 bits per heavy atom. The van der Waals surface area contributed by atoms with Crippen LogP contribution in [0.5, 0.6) is 5.75 Å². The minimum atomic E-state index is -0.560. The summed E-state index contributed by atoms with van der Waals surface area (Å²) in [5.41, 5.74) is 1.40. The predicted octanol–water partition coefficient (Wildman–Crippen LogP) is 3.25. The molecule has 1 aromatic heterocycles. The summed E-state index contributed by atoms with van der Waals surface area (Å²) in [6.07, 6.45) is 1.28. The molecule has 0 saturated carbocycles. The number of nitro groups is 1. The molecule has 2 aromatic carbocycles. The van der Waals surface area contributed by atoms with Crippen molar-refractivity contribution in [3.8, 4) is 5.75 Å². The second-order valence-corrected chi connectivity index (χ2v) is 7.49. The first-order valence-electron chi connectivity index (χ1n) is 10.6. The summed E-state index contributed by atoms with van der Waals surface area (Å²) >= 11 is 0. The number of nitrogens with zero attached hydrogens (tertiary/aromatic N) is 5. The Morgan fingerprint density at radius 2 is 1.68 bits per heavy atom. The van der Waals surface area contributed by atoms with E-state index in [1.807, 2.05) is 29.2 Å². The molecule has 0 amide bonds. The number of piperazine rings is 1. The van der Waals surface area contributed by atoms with Crippen LogP contribution in [0.2, 0.25) is 0 Å². The Labute approximate surface area is 196 Å². The molecule has 2 heterocycles. The van der Waals surface area contributed by atoms with E-state index in [1.54, 1.807) is 31.4 Å². The lowest BCUT2D eigenvalue weighted by Crippen LogP contribution is -2.47. The van der Waals surface area contributed by atoms with Crippen LogP contribution in [0.3, 0.4) is 0 Å². The molecule has 0 unspecified atom stereocenters. The molecule has 0 aliphatic carbocycles. The molecule has 4 rings (SSSR count). The zero-order valence-electron chi connectivity index (χ0n) is 18.8. The Morgan fingerprint density at radius 3 is 2.32 bits per heavy atom. The van der Waals surface area contributed by atoms with Gasteiger partial charge < -0.3 is 24.6 Å². The number of carbonyl (C=O) groups excluding carboxylic acids is 1. The van der Waals surface area contributed by atoms with Crippen LogP contribution in [0, 0.1) is 10.1 Å². The van der Waals surface area contributed by atoms with Crippen molar-refractivity contribution in [3.63, 3.8) is 0 Å². The van der Waals surface area contributed by atoms with Crippen molar-refractivity contribution < 1.29 is 19.2 Å². The van der Waals surface area contributed by atoms with E-state index in [9.17, 15) is 14.9 Å². The molecule has 1 aliphatic heterocycles. The third-order valence-electron chi connectivity index (χ3n) is 5.59. The number of aromatic nitrogens is 2. The molecule has 11 heteroatoms. The lowest BCUT2D eigenvalue weighted by Gasteiger charge is -2.36. The van der Waals surface area contributed by atoms with Crippen LogP contribution in [-0.2, 0) is 4.74 Å². The van der Waals surface area contributed by atoms with E-state index in [1.165, 1.54) is 13.4 Å². The molecule has 11 nitrogen and oxygen atoms in total. The van der Waals surface area contributed by atoms with Crippen LogP contribution in [0.25, 0.3) is 0 Å². The van der Waals surface area contributed by atoms with Gasteiger partial charge in [-0.1, -0.05) is 12.1 Å². The normalized spacial score (nSPS) is 13.4. The SMILES string of the molecule is COC(=O)c1ccccc1Nc1ncnc(N2CCN(c3ccc(OC)cc3)CC2)c1[N+](=O)[O-]. The quantitative estimate of drug-likeness (QED) is 0.317. The van der Waals surface area contributed by atoms with E-state index in [4.69, 9.17) is 9.47 Å². The summed E-state index contributed by atoms with van der Waals surface area (Å²) < 4.78 is 10.0. The highest BCUT2D eigenvalue weighted by Gasteiger charge is 2.30. The van der Waals surface area contributed by atoms with Gasteiger partial charge >= 0.3 is 11.7 Å². The first-order chi connectivity index (χ1) is 16.5. The number of hydrogen-bond donors (Lipinski definition) is 1. The summed E-state index contributed by atoms with van der Waals surface area (Å²) in [4.78, 5) is 36.0. The van der Waals surface area contributed by atoms with Gasteiger partial charge in [0.15, 0.2) is 0 Å². The van der Waals surface area contributed by atoms with Gasteiger partial charge in [-0.3, -0.25) is 10.1 Å². The fourth-order valence-electron chi connectivity index (χ4n) is 3.84. The lowest BCUT2D eigenvalue weighted by molar-refractivity contribution is -0.383. The van der Waals surface area contributed by atoms with Crippen molar-refractivity contribution in [1.29, 1.82) is 0 Å². The average molecular weight is 464 g/mol. The number of esters is 1. The van der Waals surface area contributed by atoms with Gasteiger partial charge in [0.2, 0.25) is 11.6 Å². The molecule has 0 spiro atoms. The van der Waals surface area contributed by atoms with Crippen LogP contribution in [0.1, 0.15) is 10.4 Å². The molecule has 0 bridgehead atoms. The molecule has 3 aromatic rings. The number of nitrogens with one attached hydrogen (secondary N) is 1. The topological polar surface area (TPSA) is 123 Å². The number of methoxy groups -OCH3 is 2. The molecule has 34 heavy (non-hydrogen) atoms. The molecule has 1 aliphatic rings. The highest BCUT2D eigenvalue weighted by Crippen LogP contribution is 2.35. The highest BCUT2D eigenvalue weighted by molar-refractivity contribution is 5.96. The van der Waals surface area contributed by atoms with Crippen molar-refractivity contribution >= 4 is 34.7 Å². The van der Waals surface area contributed by atoms with Crippen LogP contribution in [0.15, 0.2) is 54.9 Å². The van der Waals surface area contributed by atoms with Gasteiger partial charge in [-0.25, -0.2) is 14.8 Å². The van der Waals surface area contributed by atoms with Gasteiger partial charge in [0, 0.05) is 31.9 Å². The maximum atomic E-state index is 12.1. The summed E-state index contributed by atoms with van der Waals surface area (Å²) in [6.45, 7) is 2.42. The van der Waals surface area contributed by atoms with Crippen molar-refractivity contribution in [2.24, 2.45) is 0 Å². The van der Waals surface area contributed by atoms with E-state index in [2.05, 4.69) is 20.2 Å². The summed E-state index contributed by atoms with van der Waals surface area (Å²) in [7, 11) is 2.90. The molecular formula is C23H24N6O5. The lowest BCUT2D eigenvalue weighted by atomic mass is 10.1. The minimum absolute atomic E-state index is 0.00365. The third kappa shape index (κ3) is 4.68. The van der Waals surface area contributed by atoms with Gasteiger partial charge in [-0.05, 0) is 36.4 Å². The Kier molecular flexibility index (Phi) is 6.72. The Bertz CT molecular complexity index is 1180. The minimum Gasteiger partial charge on any atom is -0.497 e. The number of anilines is 4. The van der Waals surface area contributed by atoms with Gasteiger partial charge in [-0.2, -0.15) is 0 Å². The molecule has 1 fully saturated rings. The van der Waals surface area contributed by atoms with Crippen LogP contribution in [-0.4, -0.2) is 61.3 Å².